The Labute approximate surface area is 131 Å². The van der Waals surface area contributed by atoms with Crippen LogP contribution in [-0.4, -0.2) is 29.1 Å². The fraction of sp³-hybridized carbons (Fsp3) is 0.562. The van der Waals surface area contributed by atoms with Crippen molar-refractivity contribution in [1.82, 2.24) is 9.47 Å². The number of aryl methyl sites for hydroxylation is 2. The Hall–Kier alpha value is -1.26. The number of rotatable bonds is 4. The summed E-state index contributed by atoms with van der Waals surface area (Å²) in [5, 5.41) is 0. The number of nitrogens with zero attached hydrogens (tertiary/aromatic N) is 2. The van der Waals surface area contributed by atoms with E-state index >= 15 is 0 Å². The number of piperidine rings is 1. The molecule has 0 amide bonds. The highest BCUT2D eigenvalue weighted by Crippen LogP contribution is 2.16. The molecule has 0 N–H and O–H groups in total. The number of hydrogen-bond acceptors (Lipinski definition) is 3. The molecule has 3 rings (SSSR count). The third kappa shape index (κ3) is 3.69. The maximum Gasteiger partial charge on any atom is 0.419 e. The Bertz CT molecular complexity index is 641. The molecule has 1 aliphatic rings. The van der Waals surface area contributed by atoms with Crippen LogP contribution < -0.4 is 5.76 Å². The van der Waals surface area contributed by atoms with E-state index in [0.717, 1.165) is 11.9 Å². The summed E-state index contributed by atoms with van der Waals surface area (Å²) in [4.78, 5) is 14.0. The van der Waals surface area contributed by atoms with Crippen LogP contribution in [-0.2, 0) is 13.5 Å². The minimum Gasteiger partial charge on any atom is -0.408 e. The van der Waals surface area contributed by atoms with Crippen LogP contribution in [0.3, 0.4) is 0 Å². The van der Waals surface area contributed by atoms with Crippen molar-refractivity contribution in [2.24, 2.45) is 7.05 Å². The van der Waals surface area contributed by atoms with E-state index in [1.54, 1.807) is 11.6 Å². The minimum atomic E-state index is -0.287. The average Bonchev–Trinajstić information content (AvgIpc) is 2.75. The van der Waals surface area contributed by atoms with E-state index in [9.17, 15) is 4.79 Å². The molecule has 2 aromatic rings. The van der Waals surface area contributed by atoms with E-state index in [4.69, 9.17) is 4.42 Å². The molecular weight excluding hydrogens is 288 g/mol. The average molecular weight is 311 g/mol. The summed E-state index contributed by atoms with van der Waals surface area (Å²) in [6.07, 6.45) is 6.30. The van der Waals surface area contributed by atoms with Crippen molar-refractivity contribution in [1.29, 1.82) is 0 Å². The number of benzene rings is 1. The standard InChI is InChI=1S/C16H22N2O2.ClH/c1-17-14-8-7-13(12-15(14)20-16(17)19)6-5-11-18-9-3-2-4-10-18;/h7-8,12H,2-6,9-11H2,1H3;1H. The Balaban J connectivity index is 0.00000161. The van der Waals surface area contributed by atoms with Crippen LogP contribution in [0, 0.1) is 0 Å². The van der Waals surface area contributed by atoms with Crippen molar-refractivity contribution >= 4 is 23.5 Å². The molecule has 21 heavy (non-hydrogen) atoms. The number of fused-ring (bicyclic) bond motifs is 1. The van der Waals surface area contributed by atoms with E-state index in [1.807, 2.05) is 12.1 Å². The summed E-state index contributed by atoms with van der Waals surface area (Å²) < 4.78 is 6.78. The lowest BCUT2D eigenvalue weighted by atomic mass is 10.1. The number of aromatic nitrogens is 1. The summed E-state index contributed by atoms with van der Waals surface area (Å²) in [6, 6.07) is 6.09. The topological polar surface area (TPSA) is 38.4 Å². The lowest BCUT2D eigenvalue weighted by molar-refractivity contribution is 0.226. The molecule has 0 aliphatic carbocycles. The second-order valence-electron chi connectivity index (χ2n) is 5.73. The van der Waals surface area contributed by atoms with Crippen molar-refractivity contribution in [2.45, 2.75) is 32.1 Å². The van der Waals surface area contributed by atoms with Gasteiger partial charge in [-0.05, 0) is 63.0 Å². The SMILES string of the molecule is Cl.Cn1c(=O)oc2cc(CCCN3CCCCC3)ccc21. The van der Waals surface area contributed by atoms with Crippen molar-refractivity contribution < 1.29 is 4.42 Å². The first-order chi connectivity index (χ1) is 9.74. The lowest BCUT2D eigenvalue weighted by Gasteiger charge is -2.26. The predicted molar refractivity (Wildman–Crippen MR) is 87.3 cm³/mol. The minimum absolute atomic E-state index is 0. The van der Waals surface area contributed by atoms with Gasteiger partial charge in [-0.1, -0.05) is 12.5 Å². The monoisotopic (exact) mass is 310 g/mol. The van der Waals surface area contributed by atoms with Crippen LogP contribution >= 0.6 is 12.4 Å². The van der Waals surface area contributed by atoms with Crippen LogP contribution in [0.15, 0.2) is 27.4 Å². The first kappa shape index (κ1) is 16.1. The molecule has 0 unspecified atom stereocenters. The zero-order valence-corrected chi connectivity index (χ0v) is 13.3. The maximum absolute atomic E-state index is 11.5. The molecule has 0 spiro atoms. The molecular formula is C16H23ClN2O2. The highest BCUT2D eigenvalue weighted by molar-refractivity contribution is 5.85. The summed E-state index contributed by atoms with van der Waals surface area (Å²) >= 11 is 0. The third-order valence-corrected chi connectivity index (χ3v) is 4.25. The van der Waals surface area contributed by atoms with E-state index in [0.29, 0.717) is 5.58 Å². The second kappa shape index (κ2) is 7.14. The molecule has 2 heterocycles. The van der Waals surface area contributed by atoms with Gasteiger partial charge in [-0.3, -0.25) is 4.57 Å². The van der Waals surface area contributed by atoms with Gasteiger partial charge in [-0.15, -0.1) is 12.4 Å². The largest absolute Gasteiger partial charge is 0.419 e. The molecule has 1 aromatic carbocycles. The Morgan fingerprint density at radius 1 is 1.19 bits per heavy atom. The number of likely N-dealkylation sites (tertiary alicyclic amines) is 1. The summed E-state index contributed by atoms with van der Waals surface area (Å²) in [5.74, 6) is -0.287. The molecule has 4 nitrogen and oxygen atoms in total. The van der Waals surface area contributed by atoms with E-state index in [1.165, 1.54) is 50.9 Å². The second-order valence-corrected chi connectivity index (χ2v) is 5.73. The molecule has 1 aliphatic heterocycles. The van der Waals surface area contributed by atoms with Crippen molar-refractivity contribution in [3.05, 3.63) is 34.3 Å². The van der Waals surface area contributed by atoms with Crippen molar-refractivity contribution in [3.8, 4) is 0 Å². The van der Waals surface area contributed by atoms with Gasteiger partial charge in [0.15, 0.2) is 5.58 Å². The quantitative estimate of drug-likeness (QED) is 0.871. The zero-order chi connectivity index (χ0) is 13.9. The molecule has 5 heteroatoms. The molecule has 0 atom stereocenters. The van der Waals surface area contributed by atoms with Gasteiger partial charge < -0.3 is 9.32 Å². The van der Waals surface area contributed by atoms with Crippen LogP contribution in [0.2, 0.25) is 0 Å². The first-order valence-electron chi connectivity index (χ1n) is 7.55. The van der Waals surface area contributed by atoms with Gasteiger partial charge in [0.2, 0.25) is 0 Å². The van der Waals surface area contributed by atoms with Gasteiger partial charge in [-0.2, -0.15) is 0 Å². The van der Waals surface area contributed by atoms with Gasteiger partial charge in [0.1, 0.15) is 0 Å². The summed E-state index contributed by atoms with van der Waals surface area (Å²) in [6.45, 7) is 3.69. The number of hydrogen-bond donors (Lipinski definition) is 0. The van der Waals surface area contributed by atoms with Gasteiger partial charge in [0.05, 0.1) is 5.52 Å². The molecule has 116 valence electrons. The van der Waals surface area contributed by atoms with Crippen molar-refractivity contribution in [3.63, 3.8) is 0 Å². The van der Waals surface area contributed by atoms with E-state index < -0.39 is 0 Å². The van der Waals surface area contributed by atoms with Crippen LogP contribution in [0.4, 0.5) is 0 Å². The van der Waals surface area contributed by atoms with Gasteiger partial charge in [0, 0.05) is 7.05 Å². The molecule has 0 saturated carbocycles. The van der Waals surface area contributed by atoms with Crippen LogP contribution in [0.25, 0.3) is 11.1 Å². The fourth-order valence-corrected chi connectivity index (χ4v) is 3.02. The van der Waals surface area contributed by atoms with Gasteiger partial charge in [0.25, 0.3) is 0 Å². The fourth-order valence-electron chi connectivity index (χ4n) is 3.02. The normalized spacial score (nSPS) is 16.0. The molecule has 1 aromatic heterocycles. The molecule has 0 radical (unpaired) electrons. The van der Waals surface area contributed by atoms with Gasteiger partial charge in [-0.25, -0.2) is 4.79 Å². The van der Waals surface area contributed by atoms with Gasteiger partial charge >= 0.3 is 5.76 Å². The Morgan fingerprint density at radius 2 is 1.95 bits per heavy atom. The zero-order valence-electron chi connectivity index (χ0n) is 12.5. The Morgan fingerprint density at radius 3 is 2.71 bits per heavy atom. The van der Waals surface area contributed by atoms with Crippen molar-refractivity contribution in [2.75, 3.05) is 19.6 Å². The highest BCUT2D eigenvalue weighted by Gasteiger charge is 2.10. The van der Waals surface area contributed by atoms with Crippen LogP contribution in [0.1, 0.15) is 31.2 Å². The molecule has 0 bridgehead atoms. The Kier molecular flexibility index (Phi) is 5.48. The van der Waals surface area contributed by atoms with Crippen LogP contribution in [0.5, 0.6) is 0 Å². The van der Waals surface area contributed by atoms with E-state index in [2.05, 4.69) is 11.0 Å². The molecule has 1 fully saturated rings. The third-order valence-electron chi connectivity index (χ3n) is 4.25. The number of oxazole rings is 1. The summed E-state index contributed by atoms with van der Waals surface area (Å²) in [7, 11) is 1.74. The predicted octanol–water partition coefficient (Wildman–Crippen LogP) is 2.97. The van der Waals surface area contributed by atoms with E-state index in [-0.39, 0.29) is 18.2 Å². The molecule has 1 saturated heterocycles. The highest BCUT2D eigenvalue weighted by atomic mass is 35.5. The smallest absolute Gasteiger partial charge is 0.408 e. The first-order valence-corrected chi connectivity index (χ1v) is 7.55. The number of halogens is 1. The maximum atomic E-state index is 11.5. The summed E-state index contributed by atoms with van der Waals surface area (Å²) in [5.41, 5.74) is 2.83. The lowest BCUT2D eigenvalue weighted by Crippen LogP contribution is -2.30.